The van der Waals surface area contributed by atoms with Gasteiger partial charge in [-0.15, -0.1) is 0 Å². The van der Waals surface area contributed by atoms with Crippen molar-refractivity contribution in [3.05, 3.63) is 65.7 Å². The molecule has 5 rings (SSSR count). The van der Waals surface area contributed by atoms with Crippen molar-refractivity contribution in [2.75, 3.05) is 24.7 Å². The highest BCUT2D eigenvalue weighted by molar-refractivity contribution is 8.22. The second kappa shape index (κ2) is 8.43. The molecule has 0 radical (unpaired) electrons. The lowest BCUT2D eigenvalue weighted by Gasteiger charge is -2.48. The van der Waals surface area contributed by atoms with Gasteiger partial charge in [-0.3, -0.25) is 4.67 Å². The summed E-state index contributed by atoms with van der Waals surface area (Å²) in [6.45, 7) is 13.1. The third-order valence-electron chi connectivity index (χ3n) is 7.30. The average molecular weight is 511 g/mol. The quantitative estimate of drug-likeness (QED) is 0.409. The molecule has 0 spiro atoms. The molecule has 2 aliphatic heterocycles. The van der Waals surface area contributed by atoms with Gasteiger partial charge in [0, 0.05) is 40.3 Å². The van der Waals surface area contributed by atoms with E-state index in [2.05, 4.69) is 98.5 Å². The molecule has 3 aromatic rings. The van der Waals surface area contributed by atoms with Crippen LogP contribution in [0.1, 0.15) is 38.8 Å². The van der Waals surface area contributed by atoms with E-state index in [1.54, 1.807) is 0 Å². The van der Waals surface area contributed by atoms with Gasteiger partial charge in [-0.25, -0.2) is 0 Å². The van der Waals surface area contributed by atoms with Gasteiger partial charge < -0.3 is 4.90 Å². The van der Waals surface area contributed by atoms with Crippen molar-refractivity contribution in [1.29, 1.82) is 0 Å². The molecule has 0 bridgehead atoms. The van der Waals surface area contributed by atoms with Crippen molar-refractivity contribution >= 4 is 74.1 Å². The Kier molecular flexibility index (Phi) is 6.00. The highest BCUT2D eigenvalue weighted by Crippen LogP contribution is 2.61. The third kappa shape index (κ3) is 3.22. The minimum absolute atomic E-state index is 0.948. The lowest BCUT2D eigenvalue weighted by Crippen LogP contribution is -2.45. The van der Waals surface area contributed by atoms with Crippen LogP contribution in [-0.4, -0.2) is 24.4 Å². The summed E-state index contributed by atoms with van der Waals surface area (Å²) < 4.78 is 2.54. The molecule has 6 heteroatoms. The predicted molar refractivity (Wildman–Crippen MR) is 156 cm³/mol. The van der Waals surface area contributed by atoms with E-state index in [0.717, 1.165) is 25.9 Å². The number of hydrogen-bond acceptors (Lipinski definition) is 3. The van der Waals surface area contributed by atoms with Crippen molar-refractivity contribution in [1.82, 2.24) is 4.67 Å². The second-order valence-corrected chi connectivity index (χ2v) is 18.2. The van der Waals surface area contributed by atoms with Gasteiger partial charge in [-0.2, -0.15) is 0 Å². The summed E-state index contributed by atoms with van der Waals surface area (Å²) in [6, 6.07) is 18.8. The Hall–Kier alpha value is -1.28. The molecule has 0 aromatic heterocycles. The topological polar surface area (TPSA) is 6.48 Å². The second-order valence-electron chi connectivity index (χ2n) is 8.97. The van der Waals surface area contributed by atoms with Crippen LogP contribution in [0.3, 0.4) is 0 Å². The highest BCUT2D eigenvalue weighted by atomic mass is 32.4. The summed E-state index contributed by atoms with van der Waals surface area (Å²) in [5.41, 5.74) is 6.50. The van der Waals surface area contributed by atoms with Gasteiger partial charge in [0.25, 0.3) is 0 Å². The molecule has 0 amide bonds. The molecule has 0 saturated heterocycles. The zero-order chi connectivity index (χ0) is 23.5. The first-order valence-corrected chi connectivity index (χ1v) is 18.0. The molecule has 2 atom stereocenters. The van der Waals surface area contributed by atoms with Gasteiger partial charge in [0.05, 0.1) is 23.3 Å². The van der Waals surface area contributed by atoms with Crippen LogP contribution < -0.4 is 26.1 Å². The number of rotatable bonds is 5. The van der Waals surface area contributed by atoms with E-state index in [-0.39, 0.29) is 0 Å². The van der Waals surface area contributed by atoms with Crippen molar-refractivity contribution in [2.24, 2.45) is 0 Å². The Morgan fingerprint density at radius 2 is 1.27 bits per heavy atom. The lowest BCUT2D eigenvalue weighted by molar-refractivity contribution is 0.513. The molecule has 0 saturated carbocycles. The molecule has 2 nitrogen and oxygen atoms in total. The Labute approximate surface area is 209 Å². The molecule has 33 heavy (non-hydrogen) atoms. The zero-order valence-corrected chi connectivity index (χ0v) is 23.6. The van der Waals surface area contributed by atoms with Gasteiger partial charge in [-0.05, 0) is 54.9 Å². The van der Waals surface area contributed by atoms with Crippen LogP contribution in [0.15, 0.2) is 54.6 Å². The molecule has 172 valence electrons. The van der Waals surface area contributed by atoms with E-state index in [0.29, 0.717) is 0 Å². The normalized spacial score (nSPS) is 22.7. The molecular weight excluding hydrogens is 478 g/mol. The van der Waals surface area contributed by atoms with Crippen LogP contribution in [0.5, 0.6) is 0 Å². The zero-order valence-electron chi connectivity index (χ0n) is 20.1. The number of para-hydroxylation sites is 1. The predicted octanol–water partition coefficient (Wildman–Crippen LogP) is 5.66. The smallest absolute Gasteiger partial charge is 0.0751 e. The fourth-order valence-electron chi connectivity index (χ4n) is 5.43. The monoisotopic (exact) mass is 510 g/mol. The molecule has 2 aliphatic rings. The van der Waals surface area contributed by atoms with Gasteiger partial charge >= 0.3 is 0 Å². The molecule has 0 aliphatic carbocycles. The van der Waals surface area contributed by atoms with E-state index in [4.69, 9.17) is 23.6 Å². The summed E-state index contributed by atoms with van der Waals surface area (Å²) in [7, 11) is 0. The lowest BCUT2D eigenvalue weighted by atomic mass is 10.1. The van der Waals surface area contributed by atoms with Crippen LogP contribution in [0.4, 0.5) is 17.1 Å². The van der Waals surface area contributed by atoms with Gasteiger partial charge in [0.2, 0.25) is 0 Å². The number of hydrogen-bond donors (Lipinski definition) is 0. The van der Waals surface area contributed by atoms with Crippen molar-refractivity contribution in [3.63, 3.8) is 0 Å². The summed E-state index contributed by atoms with van der Waals surface area (Å²) in [4.78, 5) is 2.50. The maximum Gasteiger partial charge on any atom is 0.0751 e. The first kappa shape index (κ1) is 23.5. The number of aryl methyl sites for hydroxylation is 2. The van der Waals surface area contributed by atoms with E-state index >= 15 is 0 Å². The van der Waals surface area contributed by atoms with E-state index in [1.165, 1.54) is 49.4 Å². The fraction of sp³-hybridized carbons (Fsp3) is 0.333. The van der Waals surface area contributed by atoms with Crippen LogP contribution in [0.25, 0.3) is 0 Å². The first-order valence-electron chi connectivity index (χ1n) is 12.0. The summed E-state index contributed by atoms with van der Waals surface area (Å²) in [5, 5.41) is 5.31. The van der Waals surface area contributed by atoms with Crippen molar-refractivity contribution < 1.29 is 0 Å². The minimum atomic E-state index is -2.17. The Morgan fingerprint density at radius 1 is 0.727 bits per heavy atom. The maximum atomic E-state index is 6.78. The number of benzene rings is 3. The van der Waals surface area contributed by atoms with E-state index in [1.807, 2.05) is 0 Å². The summed E-state index contributed by atoms with van der Waals surface area (Å²) in [5.74, 6) is 0. The molecule has 3 aromatic carbocycles. The Morgan fingerprint density at radius 3 is 1.85 bits per heavy atom. The Balaban J connectivity index is 1.94. The summed E-state index contributed by atoms with van der Waals surface area (Å²) in [6.07, 6.45) is -0.138. The number of anilines is 3. The van der Waals surface area contributed by atoms with E-state index < -0.39 is 12.2 Å². The SMILES string of the molecule is CCc1ccc2c(c1)P(C)(=S)c1cccc3c1N2c1ccc(CC)cc1P3(=S)N(CC)CC. The van der Waals surface area contributed by atoms with E-state index in [9.17, 15) is 0 Å². The van der Waals surface area contributed by atoms with Gasteiger partial charge in [0.1, 0.15) is 0 Å². The molecular formula is C27H32N2P2S2. The van der Waals surface area contributed by atoms with Crippen LogP contribution in [-0.2, 0) is 36.5 Å². The van der Waals surface area contributed by atoms with Crippen LogP contribution in [0, 0.1) is 0 Å². The molecule has 0 fully saturated rings. The maximum absolute atomic E-state index is 6.78. The van der Waals surface area contributed by atoms with Gasteiger partial charge in [0.15, 0.2) is 0 Å². The minimum Gasteiger partial charge on any atom is -0.308 e. The highest BCUT2D eigenvalue weighted by Gasteiger charge is 2.45. The fourth-order valence-corrected chi connectivity index (χ4v) is 13.5. The number of fused-ring (bicyclic) bond motifs is 4. The molecule has 2 unspecified atom stereocenters. The van der Waals surface area contributed by atoms with Crippen molar-refractivity contribution in [2.45, 2.75) is 40.5 Å². The van der Waals surface area contributed by atoms with Crippen LogP contribution in [0.2, 0.25) is 0 Å². The summed E-state index contributed by atoms with van der Waals surface area (Å²) >= 11 is 13.3. The van der Waals surface area contributed by atoms with Crippen molar-refractivity contribution in [3.8, 4) is 0 Å². The molecule has 2 heterocycles. The first-order chi connectivity index (χ1) is 15.8. The van der Waals surface area contributed by atoms with Crippen LogP contribution >= 0.6 is 12.2 Å². The largest absolute Gasteiger partial charge is 0.308 e. The Bertz CT molecular complexity index is 1360. The number of nitrogens with zero attached hydrogens (tertiary/aromatic N) is 2. The van der Waals surface area contributed by atoms with Gasteiger partial charge in [-0.1, -0.05) is 81.6 Å². The third-order valence-corrected chi connectivity index (χ3v) is 16.3. The molecule has 0 N–H and O–H groups in total. The average Bonchev–Trinajstić information content (AvgIpc) is 2.84. The standard InChI is InChI=1S/C27H32N2P2S2/c1-6-19-13-15-21-25(17-19)30(5,32)23-11-10-12-24-27(23)29(21)22-16-14-20(7-2)18-26(22)31(24,33)28(8-3)9-4/h10-18H,6-9H2,1-5H3.